The number of nitrogens with two attached hydrogens (primary N) is 4. The quantitative estimate of drug-likeness (QED) is 0.0556. The molecule has 0 radical (unpaired) electrons. The molecule has 0 aromatic heterocycles. The van der Waals surface area contributed by atoms with E-state index in [4.69, 9.17) is 22.9 Å². The van der Waals surface area contributed by atoms with Crippen molar-refractivity contribution in [3.63, 3.8) is 0 Å². The molecule has 9 rings (SSSR count). The summed E-state index contributed by atoms with van der Waals surface area (Å²) >= 11 is 0. The fraction of sp³-hybridized carbons (Fsp3) is 0.0204. The number of fused-ring (bicyclic) bond motifs is 3. The minimum atomic E-state index is -5.07. The van der Waals surface area contributed by atoms with Gasteiger partial charge in [-0.1, -0.05) is 72.8 Å². The Morgan fingerprint density at radius 3 is 0.833 bits per heavy atom. The maximum Gasteiger partial charge on any atom is 1.00 e. The Hall–Kier alpha value is -6.31. The van der Waals surface area contributed by atoms with Crippen LogP contribution >= 0.6 is 0 Å². The molecule has 9 aromatic rings. The van der Waals surface area contributed by atoms with Gasteiger partial charge in [-0.15, -0.1) is 40.9 Å². The molecular formula is C49H35N14Na3O9S3. The molecule has 0 bridgehead atoms. The van der Waals surface area contributed by atoms with Crippen LogP contribution < -0.4 is 112 Å². The first-order valence-electron chi connectivity index (χ1n) is 21.7. The van der Waals surface area contributed by atoms with E-state index < -0.39 is 45.0 Å². The number of nitrogen functional groups attached to an aromatic ring is 4. The molecule has 0 aliphatic heterocycles. The van der Waals surface area contributed by atoms with E-state index in [0.29, 0.717) is 32.9 Å². The van der Waals surface area contributed by atoms with Crippen molar-refractivity contribution in [3.8, 4) is 0 Å². The third kappa shape index (κ3) is 13.4. The van der Waals surface area contributed by atoms with Gasteiger partial charge < -0.3 is 36.6 Å². The maximum absolute atomic E-state index is 12.4. The predicted molar refractivity (Wildman–Crippen MR) is 278 cm³/mol. The van der Waals surface area contributed by atoms with Crippen LogP contribution in [0.2, 0.25) is 0 Å². The van der Waals surface area contributed by atoms with Crippen LogP contribution in [-0.2, 0) is 30.4 Å². The van der Waals surface area contributed by atoms with Crippen molar-refractivity contribution in [2.75, 3.05) is 22.9 Å². The summed E-state index contributed by atoms with van der Waals surface area (Å²) in [5.41, 5.74) is 27.2. The molecule has 29 heteroatoms. The van der Waals surface area contributed by atoms with Crippen molar-refractivity contribution in [3.05, 3.63) is 151 Å². The molecule has 0 unspecified atom stereocenters. The fourth-order valence-corrected chi connectivity index (χ4v) is 9.56. The first-order chi connectivity index (χ1) is 35.6. The Kier molecular flexibility index (Phi) is 19.4. The molecule has 78 heavy (non-hydrogen) atoms. The maximum atomic E-state index is 12.4. The molecule has 0 amide bonds. The van der Waals surface area contributed by atoms with Gasteiger partial charge >= 0.3 is 88.7 Å². The third-order valence-electron chi connectivity index (χ3n) is 11.4. The van der Waals surface area contributed by atoms with Gasteiger partial charge in [0.2, 0.25) is 0 Å². The van der Waals surface area contributed by atoms with Crippen LogP contribution in [0.15, 0.2) is 211 Å². The molecule has 0 aliphatic carbocycles. The Balaban J connectivity index is 0.00000328. The Morgan fingerprint density at radius 2 is 0.551 bits per heavy atom. The van der Waals surface area contributed by atoms with Crippen molar-refractivity contribution in [1.29, 1.82) is 0 Å². The van der Waals surface area contributed by atoms with Crippen molar-refractivity contribution < 1.29 is 128 Å². The van der Waals surface area contributed by atoms with E-state index in [-0.39, 0.29) is 173 Å². The molecule has 376 valence electrons. The summed E-state index contributed by atoms with van der Waals surface area (Å²) in [7, 11) is -14.6. The summed E-state index contributed by atoms with van der Waals surface area (Å²) < 4.78 is 108. The molecule has 0 saturated carbocycles. The summed E-state index contributed by atoms with van der Waals surface area (Å²) in [6.07, 6.45) is 0. The predicted octanol–water partition coefficient (Wildman–Crippen LogP) is 3.58. The molecule has 0 spiro atoms. The van der Waals surface area contributed by atoms with Crippen molar-refractivity contribution in [1.82, 2.24) is 0 Å². The van der Waals surface area contributed by atoms with E-state index in [9.17, 15) is 38.9 Å². The number of benzene rings is 9. The van der Waals surface area contributed by atoms with Crippen molar-refractivity contribution in [2.45, 2.75) is 21.6 Å². The zero-order chi connectivity index (χ0) is 53.4. The van der Waals surface area contributed by atoms with E-state index >= 15 is 0 Å². The van der Waals surface area contributed by atoms with E-state index in [1.54, 1.807) is 79.7 Å². The summed E-state index contributed by atoms with van der Waals surface area (Å²) in [5, 5.41) is 45.2. The Morgan fingerprint density at radius 1 is 0.308 bits per heavy atom. The van der Waals surface area contributed by atoms with E-state index in [1.807, 2.05) is 0 Å². The van der Waals surface area contributed by atoms with Gasteiger partial charge in [0.1, 0.15) is 53.1 Å². The number of azo groups is 5. The molecule has 0 atom stereocenters. The second-order valence-corrected chi connectivity index (χ2v) is 20.4. The number of nitrogens with zero attached hydrogens (tertiary/aromatic N) is 10. The largest absolute Gasteiger partial charge is 1.00 e. The van der Waals surface area contributed by atoms with Gasteiger partial charge in [-0.2, -0.15) is 10.2 Å². The van der Waals surface area contributed by atoms with Gasteiger partial charge in [0.25, 0.3) is 0 Å². The Labute approximate surface area is 511 Å². The van der Waals surface area contributed by atoms with E-state index in [0.717, 1.165) is 24.3 Å². The normalized spacial score (nSPS) is 12.3. The van der Waals surface area contributed by atoms with E-state index in [2.05, 4.69) is 51.1 Å². The summed E-state index contributed by atoms with van der Waals surface area (Å²) in [6.45, 7) is 1.56. The van der Waals surface area contributed by atoms with Crippen LogP contribution in [-0.4, -0.2) is 38.9 Å². The van der Waals surface area contributed by atoms with Crippen LogP contribution in [0.4, 0.5) is 79.6 Å². The SMILES string of the molecule is Cc1c(N=Nc2cc(N=Nc3ccc(S(=O)(=O)[O-])c4ccccc34)c(N)cc2N)cc(S(=O)(=O)[O-])cc1N=Nc1ccc(N=Nc2cc(N=Nc3ccc(S(=O)(=O)[O-])c4ccccc34)c(N)cc2N)c2ccccc12.[Na+].[Na+].[Na+]. The fourth-order valence-electron chi connectivity index (χ4n) is 7.68. The second kappa shape index (κ2) is 24.8. The standard InChI is InChI=1S/C49H38N14O9S3.3Na/c1-26-42(20-27(73(64,65)66)21-43(26)59-63-47-25-46(36(52)23-37(47)53)62-57-41-17-19-49(75(70,71)72)33-13-7-5-11-31(33)41)58-54-38-14-15-39(29-9-3-2-8-28(29)38)55-60-44-24-45(35(51)22-34(44)50)61-56-40-16-18-48(74(67,68)69)32-12-6-4-10-30(32)40;;;/h2-25H,50-53H2,1H3,(H,64,65,66)(H,67,68,69)(H,70,71,72);;;/q;3*+1/p-3. The molecule has 0 heterocycles. The number of hydrogen-bond donors (Lipinski definition) is 4. The number of rotatable bonds is 13. The minimum Gasteiger partial charge on any atom is -0.744 e. The molecule has 8 N–H and O–H groups in total. The average Bonchev–Trinajstić information content (AvgIpc) is 3.38. The van der Waals surface area contributed by atoms with Crippen molar-refractivity contribution >= 4 is 142 Å². The first-order valence-corrected chi connectivity index (χ1v) is 25.9. The first kappa shape index (κ1) is 60.9. The van der Waals surface area contributed by atoms with Crippen molar-refractivity contribution in [2.24, 2.45) is 51.1 Å². The van der Waals surface area contributed by atoms with Crippen LogP contribution in [0.3, 0.4) is 0 Å². The molecule has 0 saturated heterocycles. The smallest absolute Gasteiger partial charge is 0.744 e. The summed E-state index contributed by atoms with van der Waals surface area (Å²) in [4.78, 5) is -1.49. The van der Waals surface area contributed by atoms with Crippen LogP contribution in [0.25, 0.3) is 32.3 Å². The van der Waals surface area contributed by atoms with E-state index in [1.165, 1.54) is 48.5 Å². The van der Waals surface area contributed by atoms with Gasteiger partial charge in [0.05, 0.1) is 71.6 Å². The van der Waals surface area contributed by atoms with Gasteiger partial charge in [-0.25, -0.2) is 25.3 Å². The van der Waals surface area contributed by atoms with Gasteiger partial charge in [-0.3, -0.25) is 0 Å². The third-order valence-corrected chi connectivity index (χ3v) is 14.0. The monoisotopic (exact) mass is 1130 g/mol. The average molecular weight is 1130 g/mol. The molecule has 0 aliphatic rings. The van der Waals surface area contributed by atoms with Gasteiger partial charge in [0.15, 0.2) is 0 Å². The minimum absolute atomic E-state index is 0. The van der Waals surface area contributed by atoms with Gasteiger partial charge in [-0.05, 0) is 79.7 Å². The van der Waals surface area contributed by atoms with Crippen LogP contribution in [0, 0.1) is 6.92 Å². The topological polar surface area (TPSA) is 399 Å². The molecule has 23 nitrogen and oxygen atoms in total. The number of anilines is 4. The van der Waals surface area contributed by atoms with Crippen LogP contribution in [0.5, 0.6) is 0 Å². The molecular weight excluding hydrogens is 1090 g/mol. The molecule has 0 fully saturated rings. The van der Waals surface area contributed by atoms with Crippen LogP contribution in [0.1, 0.15) is 5.56 Å². The second-order valence-electron chi connectivity index (χ2n) is 16.3. The Bertz CT molecular complexity index is 4380. The molecule has 9 aromatic carbocycles. The number of hydrogen-bond acceptors (Lipinski definition) is 23. The zero-order valence-electron chi connectivity index (χ0n) is 41.5. The van der Waals surface area contributed by atoms with Gasteiger partial charge in [0, 0.05) is 37.9 Å². The zero-order valence-corrected chi connectivity index (χ0v) is 50.0. The summed E-state index contributed by atoms with van der Waals surface area (Å²) in [5.74, 6) is 0. The summed E-state index contributed by atoms with van der Waals surface area (Å²) in [6, 6.07) is 35.5.